The van der Waals surface area contributed by atoms with Gasteiger partial charge in [0, 0.05) is 0 Å². The van der Waals surface area contributed by atoms with Gasteiger partial charge in [-0.2, -0.15) is 0 Å². The van der Waals surface area contributed by atoms with Crippen LogP contribution >= 0.6 is 0 Å². The molecule has 0 aromatic carbocycles. The van der Waals surface area contributed by atoms with Crippen molar-refractivity contribution in [3.8, 4) is 0 Å². The van der Waals surface area contributed by atoms with Crippen molar-refractivity contribution in [3.63, 3.8) is 0 Å². The lowest BCUT2D eigenvalue weighted by Gasteiger charge is -2.45. The molecule has 5 aliphatic rings. The van der Waals surface area contributed by atoms with Crippen LogP contribution in [-0.2, 0) is 42.6 Å². The number of aliphatic hydroxyl groups excluding tert-OH is 12. The van der Waals surface area contributed by atoms with E-state index in [1.165, 1.54) is 0 Å². The molecule has 0 spiro atoms. The second kappa shape index (κ2) is 15.4. The third-order valence-electron chi connectivity index (χ3n) is 8.45. The van der Waals surface area contributed by atoms with Gasteiger partial charge in [-0.1, -0.05) is 0 Å². The van der Waals surface area contributed by atoms with E-state index in [0.29, 0.717) is 0 Å². The van der Waals surface area contributed by atoms with E-state index in [4.69, 9.17) is 42.6 Å². The highest BCUT2D eigenvalue weighted by Crippen LogP contribution is 2.30. The topological polar surface area (TPSA) is 326 Å². The summed E-state index contributed by atoms with van der Waals surface area (Å²) in [5, 5.41) is 122. The van der Waals surface area contributed by atoms with Crippen molar-refractivity contribution in [3.05, 3.63) is 0 Å². The summed E-state index contributed by atoms with van der Waals surface area (Å²) in [6, 6.07) is 0. The highest BCUT2D eigenvalue weighted by atomic mass is 16.8. The average Bonchev–Trinajstić information content (AvgIpc) is 3.03. The van der Waals surface area contributed by atoms with Gasteiger partial charge in [0.05, 0.1) is 33.0 Å². The van der Waals surface area contributed by atoms with E-state index < -0.39 is 143 Å². The summed E-state index contributed by atoms with van der Waals surface area (Å²) in [5.41, 5.74) is 0. The predicted octanol–water partition coefficient (Wildman–Crippen LogP) is -8.73. The fourth-order valence-corrected chi connectivity index (χ4v) is 5.51. The maximum atomic E-state index is 10.7. The summed E-state index contributed by atoms with van der Waals surface area (Å²) in [7, 11) is 0. The van der Waals surface area contributed by atoms with Crippen molar-refractivity contribution in [2.75, 3.05) is 33.0 Å². The first-order chi connectivity index (χ1) is 21.8. The van der Waals surface area contributed by atoms with Crippen molar-refractivity contribution in [2.24, 2.45) is 0 Å². The van der Waals surface area contributed by atoms with Crippen LogP contribution in [0.3, 0.4) is 0 Å². The van der Waals surface area contributed by atoms with Crippen molar-refractivity contribution >= 4 is 0 Å². The second-order valence-electron chi connectivity index (χ2n) is 11.7. The van der Waals surface area contributed by atoms with Gasteiger partial charge < -0.3 is 104 Å². The predicted molar refractivity (Wildman–Crippen MR) is 136 cm³/mol. The Labute approximate surface area is 260 Å². The molecule has 5 saturated heterocycles. The highest BCUT2D eigenvalue weighted by molar-refractivity contribution is 4.92. The number of aliphatic hydroxyl groups is 12. The van der Waals surface area contributed by atoms with Crippen molar-refractivity contribution < 1.29 is 104 Å². The minimum absolute atomic E-state index is 0.349. The van der Waals surface area contributed by atoms with Gasteiger partial charge >= 0.3 is 0 Å². The minimum atomic E-state index is -1.78. The van der Waals surface area contributed by atoms with Gasteiger partial charge in [0.15, 0.2) is 31.5 Å². The first-order valence-corrected chi connectivity index (χ1v) is 14.6. The van der Waals surface area contributed by atoms with E-state index in [-0.39, 0.29) is 13.2 Å². The Hall–Kier alpha value is -0.840. The lowest BCUT2D eigenvalue weighted by Crippen LogP contribution is -2.63. The largest absolute Gasteiger partial charge is 0.388 e. The normalized spacial score (nSPS) is 54.0. The summed E-state index contributed by atoms with van der Waals surface area (Å²) in [6.07, 6.45) is -30.9. The van der Waals surface area contributed by atoms with Crippen molar-refractivity contribution in [1.29, 1.82) is 0 Å². The van der Waals surface area contributed by atoms with E-state index >= 15 is 0 Å². The molecule has 5 aliphatic heterocycles. The summed E-state index contributed by atoms with van der Waals surface area (Å²) in [4.78, 5) is 0. The Morgan fingerprint density at radius 2 is 0.587 bits per heavy atom. The van der Waals surface area contributed by atoms with Gasteiger partial charge in [-0.15, -0.1) is 0 Å². The van der Waals surface area contributed by atoms with Crippen LogP contribution in [-0.4, -0.2) is 217 Å². The quantitative estimate of drug-likeness (QED) is 0.113. The summed E-state index contributed by atoms with van der Waals surface area (Å²) < 4.78 is 48.2. The Bertz CT molecular complexity index is 891. The number of hydrogen-bond acceptors (Lipinski definition) is 21. The third-order valence-corrected chi connectivity index (χ3v) is 8.45. The first-order valence-electron chi connectivity index (χ1n) is 14.6. The molecule has 12 N–H and O–H groups in total. The standard InChI is InChI=1S/C25H42O21/c26-6-1-39-22(17(33)11(6)27)44-8-3-41-24(19(35)13(8)29)46-10-5-42-25(20(36)15(10)31)45-9-4-40-23(18(34)14(9)30)43-7-2-38-21(37)16(32)12(7)28/h6-37H,1-5H2/t6-,7-,8-,9-,10-,11+,12+,13+,14+,15+,16-,17-,18-,19-,20-,21+,22+,23+,24+,25+/m1/s1. The van der Waals surface area contributed by atoms with Gasteiger partial charge in [-0.25, -0.2) is 0 Å². The molecule has 5 heterocycles. The van der Waals surface area contributed by atoms with Gasteiger partial charge in [-0.3, -0.25) is 0 Å². The zero-order chi connectivity index (χ0) is 33.4. The molecule has 0 amide bonds. The fraction of sp³-hybridized carbons (Fsp3) is 1.00. The van der Waals surface area contributed by atoms with Crippen LogP contribution in [0.4, 0.5) is 0 Å². The van der Waals surface area contributed by atoms with Gasteiger partial charge in [0.1, 0.15) is 91.6 Å². The van der Waals surface area contributed by atoms with Crippen molar-refractivity contribution in [2.45, 2.75) is 123 Å². The zero-order valence-electron chi connectivity index (χ0n) is 24.1. The smallest absolute Gasteiger partial charge is 0.186 e. The van der Waals surface area contributed by atoms with Crippen molar-refractivity contribution in [1.82, 2.24) is 0 Å². The van der Waals surface area contributed by atoms with Crippen LogP contribution < -0.4 is 0 Å². The second-order valence-corrected chi connectivity index (χ2v) is 11.7. The van der Waals surface area contributed by atoms with Crippen LogP contribution in [0.5, 0.6) is 0 Å². The van der Waals surface area contributed by atoms with Gasteiger partial charge in [0.25, 0.3) is 0 Å². The molecule has 0 bridgehead atoms. The Morgan fingerprint density at radius 1 is 0.304 bits per heavy atom. The van der Waals surface area contributed by atoms with E-state index in [2.05, 4.69) is 0 Å². The number of rotatable bonds is 8. The molecule has 0 aromatic heterocycles. The molecule has 0 radical (unpaired) electrons. The molecule has 0 saturated carbocycles. The molecule has 0 aliphatic carbocycles. The minimum Gasteiger partial charge on any atom is -0.388 e. The first kappa shape index (κ1) is 36.4. The molecule has 21 nitrogen and oxygen atoms in total. The Morgan fingerprint density at radius 3 is 0.957 bits per heavy atom. The Balaban J connectivity index is 1.08. The Kier molecular flexibility index (Phi) is 12.2. The molecule has 5 fully saturated rings. The van der Waals surface area contributed by atoms with E-state index in [1.807, 2.05) is 0 Å². The average molecular weight is 679 g/mol. The maximum Gasteiger partial charge on any atom is 0.186 e. The van der Waals surface area contributed by atoms with Crippen LogP contribution in [0.1, 0.15) is 0 Å². The summed E-state index contributed by atoms with van der Waals surface area (Å²) in [6.45, 7) is -1.94. The number of hydrogen-bond donors (Lipinski definition) is 12. The van der Waals surface area contributed by atoms with E-state index in [9.17, 15) is 61.3 Å². The van der Waals surface area contributed by atoms with Gasteiger partial charge in [0.2, 0.25) is 0 Å². The molecule has 268 valence electrons. The van der Waals surface area contributed by atoms with Crippen LogP contribution in [0.2, 0.25) is 0 Å². The molecule has 20 atom stereocenters. The molecule has 5 rings (SSSR count). The number of ether oxygens (including phenoxy) is 9. The summed E-state index contributed by atoms with van der Waals surface area (Å²) in [5.74, 6) is 0. The molecule has 21 heteroatoms. The van der Waals surface area contributed by atoms with Gasteiger partial charge in [-0.05, 0) is 0 Å². The molecular formula is C25H42O21. The lowest BCUT2D eigenvalue weighted by atomic mass is 10.0. The summed E-state index contributed by atoms with van der Waals surface area (Å²) >= 11 is 0. The van der Waals surface area contributed by atoms with Crippen LogP contribution in [0, 0.1) is 0 Å². The third kappa shape index (κ3) is 7.65. The van der Waals surface area contributed by atoms with E-state index in [1.54, 1.807) is 0 Å². The molecule has 0 unspecified atom stereocenters. The zero-order valence-corrected chi connectivity index (χ0v) is 24.1. The lowest BCUT2D eigenvalue weighted by molar-refractivity contribution is -0.362. The monoisotopic (exact) mass is 678 g/mol. The van der Waals surface area contributed by atoms with E-state index in [0.717, 1.165) is 0 Å². The molecule has 46 heavy (non-hydrogen) atoms. The fourth-order valence-electron chi connectivity index (χ4n) is 5.51. The molecular weight excluding hydrogens is 636 g/mol. The van der Waals surface area contributed by atoms with Crippen LogP contribution in [0.15, 0.2) is 0 Å². The SMILES string of the molecule is O[C@@H]1[C@@H](O)[C@H](O[C@@H]2CO[C@@H](O[C@@H]3CO[C@@H](O[C@@H]4CO[C@@H](O[C@@H]5CO[C@H](O)[C@H](O)[C@H]5O)[C@H](O)[C@H]4O)[C@H](O)[C@H]3O)[C@H](O)[C@H]2O)OC[C@H]1O. The van der Waals surface area contributed by atoms with Crippen LogP contribution in [0.25, 0.3) is 0 Å². The maximum absolute atomic E-state index is 10.7. The molecule has 0 aromatic rings. The highest BCUT2D eigenvalue weighted by Gasteiger charge is 2.50.